The molecule has 0 saturated carbocycles. The van der Waals surface area contributed by atoms with Gasteiger partial charge in [0, 0.05) is 6.42 Å². The topological polar surface area (TPSA) is 52.3 Å². The maximum atomic E-state index is 5.94. The number of rotatable bonds is 5. The number of nitrogens with zero attached hydrogens (tertiary/aromatic N) is 4. The zero-order valence-corrected chi connectivity index (χ0v) is 14.0. The van der Waals surface area contributed by atoms with Gasteiger partial charge in [0.2, 0.25) is 4.96 Å². The number of ether oxygens (including phenoxy) is 1. The number of fused-ring (bicyclic) bond motifs is 1. The molecular weight excluding hydrogens is 320 g/mol. The Labute approximate surface area is 143 Å². The van der Waals surface area contributed by atoms with E-state index in [1.807, 2.05) is 60.0 Å². The predicted octanol–water partition coefficient (Wildman–Crippen LogP) is 3.92. The van der Waals surface area contributed by atoms with Crippen LogP contribution in [-0.2, 0) is 6.42 Å². The van der Waals surface area contributed by atoms with Crippen molar-refractivity contribution in [2.45, 2.75) is 19.4 Å². The van der Waals surface area contributed by atoms with Crippen LogP contribution >= 0.6 is 11.3 Å². The van der Waals surface area contributed by atoms with Gasteiger partial charge in [-0.2, -0.15) is 9.61 Å². The molecule has 5 nitrogen and oxygen atoms in total. The smallest absolute Gasteiger partial charge is 0.234 e. The molecule has 0 amide bonds. The summed E-state index contributed by atoms with van der Waals surface area (Å²) in [5.74, 6) is 1.67. The summed E-state index contributed by atoms with van der Waals surface area (Å²) in [6.45, 7) is 2.00. The van der Waals surface area contributed by atoms with Crippen LogP contribution in [0.3, 0.4) is 0 Å². The van der Waals surface area contributed by atoms with Crippen molar-refractivity contribution in [1.29, 1.82) is 0 Å². The van der Waals surface area contributed by atoms with E-state index in [1.54, 1.807) is 0 Å². The van der Waals surface area contributed by atoms with Crippen molar-refractivity contribution in [3.63, 3.8) is 0 Å². The van der Waals surface area contributed by atoms with E-state index >= 15 is 0 Å². The van der Waals surface area contributed by atoms with Crippen LogP contribution in [0.2, 0.25) is 0 Å². The Hall–Kier alpha value is -2.73. The highest BCUT2D eigenvalue weighted by Gasteiger charge is 2.17. The Bertz CT molecular complexity index is 933. The van der Waals surface area contributed by atoms with Crippen LogP contribution in [-0.4, -0.2) is 19.8 Å². The molecule has 0 aliphatic rings. The first kappa shape index (κ1) is 14.8. The highest BCUT2D eigenvalue weighted by atomic mass is 32.1. The summed E-state index contributed by atoms with van der Waals surface area (Å²) in [4.78, 5) is 0.791. The lowest BCUT2D eigenvalue weighted by Gasteiger charge is -2.11. The second kappa shape index (κ2) is 6.41. The Balaban J connectivity index is 1.57. The molecular formula is C18H16N4OS. The molecule has 2 heterocycles. The lowest BCUT2D eigenvalue weighted by Crippen LogP contribution is -2.04. The van der Waals surface area contributed by atoms with Crippen molar-refractivity contribution >= 4 is 16.3 Å². The molecule has 0 radical (unpaired) electrons. The fraction of sp³-hybridized carbons (Fsp3) is 0.167. The molecule has 0 spiro atoms. The number of hydrogen-bond donors (Lipinski definition) is 0. The van der Waals surface area contributed by atoms with Gasteiger partial charge in [-0.3, -0.25) is 0 Å². The summed E-state index contributed by atoms with van der Waals surface area (Å²) in [6.07, 6.45) is 0.572. The lowest BCUT2D eigenvalue weighted by atomic mass is 10.1. The number of hydrogen-bond acceptors (Lipinski definition) is 5. The molecule has 0 saturated heterocycles. The summed E-state index contributed by atoms with van der Waals surface area (Å²) < 4.78 is 7.76. The van der Waals surface area contributed by atoms with E-state index < -0.39 is 0 Å². The molecule has 0 bridgehead atoms. The second-order valence-electron chi connectivity index (χ2n) is 5.49. The minimum absolute atomic E-state index is 0.135. The Morgan fingerprint density at radius 3 is 2.46 bits per heavy atom. The third kappa shape index (κ3) is 3.00. The lowest BCUT2D eigenvalue weighted by molar-refractivity contribution is 0.225. The molecule has 120 valence electrons. The Morgan fingerprint density at radius 1 is 1.00 bits per heavy atom. The van der Waals surface area contributed by atoms with E-state index in [9.17, 15) is 0 Å². The van der Waals surface area contributed by atoms with Crippen molar-refractivity contribution in [2.24, 2.45) is 0 Å². The molecule has 0 aliphatic heterocycles. The van der Waals surface area contributed by atoms with E-state index in [0.29, 0.717) is 6.42 Å². The van der Waals surface area contributed by atoms with Gasteiger partial charge in [0.05, 0.1) is 0 Å². The quantitative estimate of drug-likeness (QED) is 0.554. The van der Waals surface area contributed by atoms with E-state index in [1.165, 1.54) is 16.9 Å². The SMILES string of the molecule is CC(Oc1ccccc1)c1nn2c(Cc3ccccc3)nnc2s1. The minimum atomic E-state index is -0.135. The van der Waals surface area contributed by atoms with Crippen LogP contribution in [0.5, 0.6) is 5.75 Å². The maximum absolute atomic E-state index is 5.94. The van der Waals surface area contributed by atoms with E-state index in [2.05, 4.69) is 27.4 Å². The highest BCUT2D eigenvalue weighted by molar-refractivity contribution is 7.16. The molecule has 2 aromatic heterocycles. The molecule has 1 unspecified atom stereocenters. The summed E-state index contributed by atoms with van der Waals surface area (Å²) in [5, 5.41) is 14.0. The normalized spacial score (nSPS) is 12.4. The van der Waals surface area contributed by atoms with Gasteiger partial charge >= 0.3 is 0 Å². The van der Waals surface area contributed by atoms with Crippen molar-refractivity contribution in [3.05, 3.63) is 77.1 Å². The molecule has 4 aromatic rings. The monoisotopic (exact) mass is 336 g/mol. The van der Waals surface area contributed by atoms with Gasteiger partial charge in [0.25, 0.3) is 0 Å². The van der Waals surface area contributed by atoms with Crippen LogP contribution in [0.25, 0.3) is 4.96 Å². The van der Waals surface area contributed by atoms with Crippen molar-refractivity contribution in [3.8, 4) is 5.75 Å². The van der Waals surface area contributed by atoms with Gasteiger partial charge in [0.15, 0.2) is 10.8 Å². The minimum Gasteiger partial charge on any atom is -0.483 e. The molecule has 0 aliphatic carbocycles. The van der Waals surface area contributed by atoms with Crippen molar-refractivity contribution in [2.75, 3.05) is 0 Å². The van der Waals surface area contributed by atoms with E-state index in [0.717, 1.165) is 21.5 Å². The summed E-state index contributed by atoms with van der Waals surface area (Å²) in [7, 11) is 0. The van der Waals surface area contributed by atoms with Crippen LogP contribution in [0, 0.1) is 0 Å². The van der Waals surface area contributed by atoms with Crippen LogP contribution in [0.1, 0.15) is 29.4 Å². The van der Waals surface area contributed by atoms with Gasteiger partial charge in [-0.15, -0.1) is 10.2 Å². The van der Waals surface area contributed by atoms with Gasteiger partial charge in [0.1, 0.15) is 11.9 Å². The molecule has 0 N–H and O–H groups in total. The first-order valence-electron chi connectivity index (χ1n) is 7.76. The van der Waals surface area contributed by atoms with Crippen LogP contribution in [0.4, 0.5) is 0 Å². The summed E-state index contributed by atoms with van der Waals surface area (Å²) in [5.41, 5.74) is 1.19. The van der Waals surface area contributed by atoms with Crippen molar-refractivity contribution < 1.29 is 4.74 Å². The van der Waals surface area contributed by atoms with Gasteiger partial charge in [-0.05, 0) is 24.6 Å². The number of aromatic nitrogens is 4. The standard InChI is InChI=1S/C18H16N4OS/c1-13(23-15-10-6-3-7-11-15)17-21-22-16(19-20-18(22)24-17)12-14-8-4-2-5-9-14/h2-11,13H,12H2,1H3. The largest absolute Gasteiger partial charge is 0.483 e. The number of benzene rings is 2. The molecule has 6 heteroatoms. The molecule has 24 heavy (non-hydrogen) atoms. The molecule has 0 fully saturated rings. The van der Waals surface area contributed by atoms with Gasteiger partial charge in [-0.25, -0.2) is 0 Å². The highest BCUT2D eigenvalue weighted by Crippen LogP contribution is 2.25. The summed E-state index contributed by atoms with van der Waals surface area (Å²) in [6, 6.07) is 20.0. The average molecular weight is 336 g/mol. The maximum Gasteiger partial charge on any atom is 0.234 e. The first-order valence-corrected chi connectivity index (χ1v) is 8.58. The van der Waals surface area contributed by atoms with E-state index in [-0.39, 0.29) is 6.10 Å². The van der Waals surface area contributed by atoms with Crippen molar-refractivity contribution in [1.82, 2.24) is 19.8 Å². The third-order valence-corrected chi connectivity index (χ3v) is 4.74. The fourth-order valence-corrected chi connectivity index (χ4v) is 3.32. The zero-order valence-electron chi connectivity index (χ0n) is 13.2. The van der Waals surface area contributed by atoms with Gasteiger partial charge < -0.3 is 4.74 Å². The average Bonchev–Trinajstić information content (AvgIpc) is 3.19. The Kier molecular flexibility index (Phi) is 3.96. The third-order valence-electron chi connectivity index (χ3n) is 3.68. The summed E-state index contributed by atoms with van der Waals surface area (Å²) >= 11 is 1.51. The second-order valence-corrected chi connectivity index (χ2v) is 6.47. The molecule has 1 atom stereocenters. The molecule has 4 rings (SSSR count). The zero-order chi connectivity index (χ0) is 16.4. The molecule has 2 aromatic carbocycles. The predicted molar refractivity (Wildman–Crippen MR) is 93.4 cm³/mol. The van der Waals surface area contributed by atoms with E-state index in [4.69, 9.17) is 4.74 Å². The fourth-order valence-electron chi connectivity index (χ4n) is 2.48. The Morgan fingerprint density at radius 2 is 1.71 bits per heavy atom. The number of para-hydroxylation sites is 1. The first-order chi connectivity index (χ1) is 11.8. The van der Waals surface area contributed by atoms with Gasteiger partial charge in [-0.1, -0.05) is 59.9 Å². The van der Waals surface area contributed by atoms with Crippen LogP contribution < -0.4 is 4.74 Å². The van der Waals surface area contributed by atoms with Crippen LogP contribution in [0.15, 0.2) is 60.7 Å².